The van der Waals surface area contributed by atoms with Crippen molar-refractivity contribution in [3.63, 3.8) is 0 Å². The molecule has 0 saturated heterocycles. The van der Waals surface area contributed by atoms with Gasteiger partial charge >= 0.3 is 0 Å². The smallest absolute Gasteiger partial charge is 0.269 e. The third-order valence-electron chi connectivity index (χ3n) is 2.72. The van der Waals surface area contributed by atoms with Gasteiger partial charge in [0.2, 0.25) is 11.6 Å². The lowest BCUT2D eigenvalue weighted by Crippen LogP contribution is -2.15. The van der Waals surface area contributed by atoms with Gasteiger partial charge in [-0.05, 0) is 30.3 Å². The number of benzene rings is 2. The second-order valence-electron chi connectivity index (χ2n) is 4.09. The van der Waals surface area contributed by atoms with Gasteiger partial charge in [-0.2, -0.15) is 0 Å². The Kier molecular flexibility index (Phi) is 4.35. The second-order valence-corrected chi connectivity index (χ2v) is 4.93. The fourth-order valence-corrected chi connectivity index (χ4v) is 2.16. The second kappa shape index (κ2) is 6.03. The number of non-ortho nitro benzene ring substituents is 1. The largest absolute Gasteiger partial charge is 0.285 e. The molecule has 2 aromatic rings. The zero-order valence-electron chi connectivity index (χ0n) is 10.4. The Morgan fingerprint density at radius 3 is 2.10 bits per heavy atom. The molecule has 0 aliphatic heterocycles. The molecule has 0 aliphatic carbocycles. The van der Waals surface area contributed by atoms with Crippen molar-refractivity contribution in [3.05, 3.63) is 73.8 Å². The number of rotatable bonds is 4. The highest BCUT2D eigenvalue weighted by Crippen LogP contribution is 2.23. The summed E-state index contributed by atoms with van der Waals surface area (Å²) in [6.07, 6.45) is 0. The first kappa shape index (κ1) is 15.2. The van der Waals surface area contributed by atoms with Gasteiger partial charge in [-0.1, -0.05) is 23.2 Å². The number of nitro groups is 1. The standard InChI is InChI=1S/C14H7Cl2NO4/c15-9-3-6-11(12(16)7-9)14(19)13(18)8-1-4-10(5-2-8)17(20)21/h1-7H. The average molecular weight is 324 g/mol. The van der Waals surface area contributed by atoms with E-state index in [0.717, 1.165) is 12.1 Å². The Labute approximate surface area is 129 Å². The summed E-state index contributed by atoms with van der Waals surface area (Å²) in [6, 6.07) is 8.93. The highest BCUT2D eigenvalue weighted by molar-refractivity contribution is 6.52. The number of Topliss-reactive ketones (excluding diaryl/α,β-unsaturated/α-hetero) is 2. The Morgan fingerprint density at radius 2 is 1.57 bits per heavy atom. The fourth-order valence-electron chi connectivity index (χ4n) is 1.66. The lowest BCUT2D eigenvalue weighted by Gasteiger charge is -2.03. The highest BCUT2D eigenvalue weighted by Gasteiger charge is 2.21. The van der Waals surface area contributed by atoms with Crippen LogP contribution in [0, 0.1) is 10.1 Å². The van der Waals surface area contributed by atoms with Gasteiger partial charge in [0, 0.05) is 28.3 Å². The molecule has 0 spiro atoms. The van der Waals surface area contributed by atoms with Crippen molar-refractivity contribution in [1.29, 1.82) is 0 Å². The minimum absolute atomic E-state index is 0.0319. The molecule has 0 radical (unpaired) electrons. The van der Waals surface area contributed by atoms with E-state index in [1.807, 2.05) is 0 Å². The van der Waals surface area contributed by atoms with E-state index < -0.39 is 16.5 Å². The summed E-state index contributed by atoms with van der Waals surface area (Å²) in [7, 11) is 0. The van der Waals surface area contributed by atoms with Gasteiger partial charge in [-0.3, -0.25) is 19.7 Å². The van der Waals surface area contributed by atoms with E-state index in [0.29, 0.717) is 5.02 Å². The summed E-state index contributed by atoms with van der Waals surface area (Å²) < 4.78 is 0. The predicted molar refractivity (Wildman–Crippen MR) is 78.2 cm³/mol. The molecule has 0 bridgehead atoms. The zero-order valence-corrected chi connectivity index (χ0v) is 11.9. The summed E-state index contributed by atoms with van der Waals surface area (Å²) in [6.45, 7) is 0. The van der Waals surface area contributed by atoms with Gasteiger partial charge in [0.1, 0.15) is 0 Å². The van der Waals surface area contributed by atoms with Crippen LogP contribution in [-0.2, 0) is 0 Å². The number of nitro benzene ring substituents is 1. The first-order valence-corrected chi connectivity index (χ1v) is 6.44. The number of ketones is 2. The van der Waals surface area contributed by atoms with Crippen LogP contribution >= 0.6 is 23.2 Å². The maximum absolute atomic E-state index is 12.1. The van der Waals surface area contributed by atoms with E-state index in [1.54, 1.807) is 0 Å². The van der Waals surface area contributed by atoms with Crippen LogP contribution in [0.5, 0.6) is 0 Å². The van der Waals surface area contributed by atoms with E-state index >= 15 is 0 Å². The molecular formula is C14H7Cl2NO4. The van der Waals surface area contributed by atoms with Crippen molar-refractivity contribution in [2.24, 2.45) is 0 Å². The molecule has 2 aromatic carbocycles. The highest BCUT2D eigenvalue weighted by atomic mass is 35.5. The van der Waals surface area contributed by atoms with Gasteiger partial charge in [0.25, 0.3) is 5.69 Å². The molecule has 0 unspecified atom stereocenters. The molecule has 0 atom stereocenters. The molecule has 106 valence electrons. The molecule has 7 heteroatoms. The first-order chi connectivity index (χ1) is 9.90. The Bertz CT molecular complexity index is 741. The molecule has 0 heterocycles. The lowest BCUT2D eigenvalue weighted by molar-refractivity contribution is -0.384. The SMILES string of the molecule is O=C(C(=O)c1ccc(Cl)cc1Cl)c1ccc([N+](=O)[O-])cc1. The van der Waals surface area contributed by atoms with Crippen LogP contribution in [0.2, 0.25) is 10.0 Å². The number of halogens is 2. The average Bonchev–Trinajstić information content (AvgIpc) is 2.46. The molecular weight excluding hydrogens is 317 g/mol. The molecule has 0 fully saturated rings. The van der Waals surface area contributed by atoms with Crippen molar-refractivity contribution in [2.45, 2.75) is 0 Å². The summed E-state index contributed by atoms with van der Waals surface area (Å²) >= 11 is 11.6. The lowest BCUT2D eigenvalue weighted by atomic mass is 10.0. The van der Waals surface area contributed by atoms with Crippen LogP contribution in [0.4, 0.5) is 5.69 Å². The van der Waals surface area contributed by atoms with Gasteiger partial charge in [0.15, 0.2) is 0 Å². The number of nitrogens with zero attached hydrogens (tertiary/aromatic N) is 1. The van der Waals surface area contributed by atoms with Gasteiger partial charge < -0.3 is 0 Å². The summed E-state index contributed by atoms with van der Waals surface area (Å²) in [5.41, 5.74) is -0.0791. The zero-order chi connectivity index (χ0) is 15.6. The monoisotopic (exact) mass is 323 g/mol. The van der Waals surface area contributed by atoms with Crippen molar-refractivity contribution < 1.29 is 14.5 Å². The molecule has 21 heavy (non-hydrogen) atoms. The van der Waals surface area contributed by atoms with Crippen LogP contribution in [0.3, 0.4) is 0 Å². The van der Waals surface area contributed by atoms with Gasteiger partial charge in [0.05, 0.1) is 9.95 Å². The molecule has 2 rings (SSSR count). The predicted octanol–water partition coefficient (Wildman–Crippen LogP) is 3.97. The van der Waals surface area contributed by atoms with E-state index in [4.69, 9.17) is 23.2 Å². The van der Waals surface area contributed by atoms with Crippen molar-refractivity contribution in [2.75, 3.05) is 0 Å². The maximum atomic E-state index is 12.1. The Morgan fingerprint density at radius 1 is 0.952 bits per heavy atom. The topological polar surface area (TPSA) is 77.3 Å². The van der Waals surface area contributed by atoms with Crippen LogP contribution in [0.1, 0.15) is 20.7 Å². The van der Waals surface area contributed by atoms with Crippen LogP contribution in [-0.4, -0.2) is 16.5 Å². The Hall–Kier alpha value is -2.24. The molecule has 0 N–H and O–H groups in total. The van der Waals surface area contributed by atoms with E-state index in [-0.39, 0.29) is 21.8 Å². The molecule has 0 amide bonds. The van der Waals surface area contributed by atoms with Crippen molar-refractivity contribution in [1.82, 2.24) is 0 Å². The van der Waals surface area contributed by atoms with E-state index in [2.05, 4.69) is 0 Å². The van der Waals surface area contributed by atoms with Crippen molar-refractivity contribution in [3.8, 4) is 0 Å². The third kappa shape index (κ3) is 3.26. The number of carbonyl (C=O) groups excluding carboxylic acids is 2. The Balaban J connectivity index is 2.30. The van der Waals surface area contributed by atoms with Crippen LogP contribution in [0.25, 0.3) is 0 Å². The van der Waals surface area contributed by atoms with E-state index in [1.165, 1.54) is 30.3 Å². The number of hydrogen-bond donors (Lipinski definition) is 0. The van der Waals surface area contributed by atoms with Gasteiger partial charge in [-0.15, -0.1) is 0 Å². The molecule has 0 aromatic heterocycles. The minimum Gasteiger partial charge on any atom is -0.285 e. The third-order valence-corrected chi connectivity index (χ3v) is 3.27. The normalized spacial score (nSPS) is 10.2. The van der Waals surface area contributed by atoms with E-state index in [9.17, 15) is 19.7 Å². The quantitative estimate of drug-likeness (QED) is 0.369. The first-order valence-electron chi connectivity index (χ1n) is 5.68. The minimum atomic E-state index is -0.800. The summed E-state index contributed by atoms with van der Waals surface area (Å²) in [4.78, 5) is 34.1. The number of hydrogen-bond acceptors (Lipinski definition) is 4. The molecule has 0 aliphatic rings. The fraction of sp³-hybridized carbons (Fsp3) is 0. The summed E-state index contributed by atoms with van der Waals surface area (Å²) in [5, 5.41) is 11.0. The van der Waals surface area contributed by atoms with Crippen LogP contribution in [0.15, 0.2) is 42.5 Å². The van der Waals surface area contributed by atoms with Gasteiger partial charge in [-0.25, -0.2) is 0 Å². The van der Waals surface area contributed by atoms with Crippen LogP contribution < -0.4 is 0 Å². The molecule has 0 saturated carbocycles. The molecule has 5 nitrogen and oxygen atoms in total. The van der Waals surface area contributed by atoms with Crippen molar-refractivity contribution >= 4 is 40.5 Å². The summed E-state index contributed by atoms with van der Waals surface area (Å²) in [5.74, 6) is -1.60. The maximum Gasteiger partial charge on any atom is 0.269 e. The number of carbonyl (C=O) groups is 2.